The molecular weight excluding hydrogens is 526 g/mol. The number of methoxy groups -OCH3 is 1. The van der Waals surface area contributed by atoms with Crippen LogP contribution < -0.4 is 10.1 Å². The van der Waals surface area contributed by atoms with Crippen LogP contribution in [0.5, 0.6) is 5.75 Å². The van der Waals surface area contributed by atoms with Gasteiger partial charge in [0.15, 0.2) is 5.65 Å². The highest BCUT2D eigenvalue weighted by Crippen LogP contribution is 2.38. The van der Waals surface area contributed by atoms with Crippen LogP contribution in [0.1, 0.15) is 17.0 Å². The number of hydrogen-bond donors (Lipinski definition) is 1. The first-order valence-corrected chi connectivity index (χ1v) is 10.9. The van der Waals surface area contributed by atoms with Crippen molar-refractivity contribution in [2.45, 2.75) is 20.0 Å². The number of halogens is 5. The Bertz CT molecular complexity index is 1550. The topological polar surface area (TPSA) is 56.4 Å². The molecule has 3 heterocycles. The number of benzene rings is 2. The summed E-state index contributed by atoms with van der Waals surface area (Å²) in [6, 6.07) is 14.8. The highest BCUT2D eigenvalue weighted by atomic mass is 35.5. The summed E-state index contributed by atoms with van der Waals surface area (Å²) in [7, 11) is 1.59. The van der Waals surface area contributed by atoms with Gasteiger partial charge in [0.1, 0.15) is 5.75 Å². The summed E-state index contributed by atoms with van der Waals surface area (Å²) in [5, 5.41) is 3.33. The van der Waals surface area contributed by atoms with Gasteiger partial charge in [-0.05, 0) is 44.2 Å². The van der Waals surface area contributed by atoms with Crippen molar-refractivity contribution in [3.05, 3.63) is 90.3 Å². The highest BCUT2D eigenvalue weighted by molar-refractivity contribution is 5.85. The lowest BCUT2D eigenvalue weighted by molar-refractivity contribution is -0.137. The van der Waals surface area contributed by atoms with Gasteiger partial charge in [0.05, 0.1) is 41.8 Å². The lowest BCUT2D eigenvalue weighted by atomic mass is 10.0. The largest absolute Gasteiger partial charge is 0.494 e. The molecule has 0 bridgehead atoms. The van der Waals surface area contributed by atoms with E-state index in [1.54, 1.807) is 37.0 Å². The Labute approximate surface area is 224 Å². The van der Waals surface area contributed by atoms with Crippen LogP contribution in [-0.2, 0) is 6.18 Å². The van der Waals surface area contributed by atoms with Crippen molar-refractivity contribution >= 4 is 41.8 Å². The van der Waals surface area contributed by atoms with Gasteiger partial charge in [0.25, 0.3) is 0 Å². The van der Waals surface area contributed by atoms with E-state index in [2.05, 4.69) is 15.3 Å². The van der Waals surface area contributed by atoms with Crippen molar-refractivity contribution < 1.29 is 17.9 Å². The fourth-order valence-corrected chi connectivity index (χ4v) is 4.15. The molecule has 194 valence electrons. The van der Waals surface area contributed by atoms with Crippen LogP contribution in [0.25, 0.3) is 22.6 Å². The molecule has 5 rings (SSSR count). The monoisotopic (exact) mass is 549 g/mol. The summed E-state index contributed by atoms with van der Waals surface area (Å²) in [5.41, 5.74) is 3.88. The molecule has 1 N–H and O–H groups in total. The maximum Gasteiger partial charge on any atom is 0.417 e. The molecular formula is C26H24Cl2F3N5O. The predicted molar refractivity (Wildman–Crippen MR) is 143 cm³/mol. The first-order chi connectivity index (χ1) is 16.8. The third kappa shape index (κ3) is 5.23. The van der Waals surface area contributed by atoms with Crippen LogP contribution in [0.2, 0.25) is 0 Å². The Kier molecular flexibility index (Phi) is 8.09. The van der Waals surface area contributed by atoms with E-state index in [1.807, 2.05) is 48.0 Å². The summed E-state index contributed by atoms with van der Waals surface area (Å²) in [6.45, 7) is 3.67. The quantitative estimate of drug-likeness (QED) is 0.248. The van der Waals surface area contributed by atoms with E-state index in [9.17, 15) is 13.2 Å². The number of aromatic nitrogens is 4. The molecule has 0 saturated carbocycles. The average molecular weight is 550 g/mol. The van der Waals surface area contributed by atoms with Crippen LogP contribution in [0.4, 0.5) is 24.5 Å². The third-order valence-electron chi connectivity index (χ3n) is 5.83. The maximum absolute atomic E-state index is 13.7. The van der Waals surface area contributed by atoms with Crippen LogP contribution in [-0.4, -0.2) is 26.0 Å². The standard InChI is InChI=1S/C26H22F3N5O.2ClH/c1-16-14-33(15-30-16)22-11-10-18(13-23(22)35-3)31-21-9-6-12-34-17(2)24(32-25(21)34)19-7-4-5-8-20(19)26(27,28)29;;/h4-15,31H,1-3H3;2*1H. The van der Waals surface area contributed by atoms with E-state index in [0.29, 0.717) is 22.8 Å². The Morgan fingerprint density at radius 3 is 2.41 bits per heavy atom. The van der Waals surface area contributed by atoms with E-state index in [4.69, 9.17) is 4.74 Å². The van der Waals surface area contributed by atoms with Gasteiger partial charge in [-0.15, -0.1) is 24.8 Å². The van der Waals surface area contributed by atoms with Crippen molar-refractivity contribution in [2.24, 2.45) is 0 Å². The van der Waals surface area contributed by atoms with Gasteiger partial charge in [-0.25, -0.2) is 9.97 Å². The second-order valence-corrected chi connectivity index (χ2v) is 8.14. The van der Waals surface area contributed by atoms with Gasteiger partial charge in [-0.3, -0.25) is 0 Å². The summed E-state index contributed by atoms with van der Waals surface area (Å²) < 4.78 is 50.2. The normalized spacial score (nSPS) is 11.1. The van der Waals surface area contributed by atoms with Crippen molar-refractivity contribution in [1.29, 1.82) is 0 Å². The molecule has 11 heteroatoms. The SMILES string of the molecule is COc1cc(Nc2cccn3c(C)c(-c4ccccc4C(F)(F)F)nc23)ccc1-n1cnc(C)c1.Cl.Cl. The van der Waals surface area contributed by atoms with Crippen LogP contribution in [0.3, 0.4) is 0 Å². The smallest absolute Gasteiger partial charge is 0.417 e. The Balaban J connectivity index is 0.00000190. The number of aryl methyl sites for hydroxylation is 2. The number of hydrogen-bond acceptors (Lipinski definition) is 4. The van der Waals surface area contributed by atoms with E-state index in [0.717, 1.165) is 23.1 Å². The minimum Gasteiger partial charge on any atom is -0.494 e. The molecule has 0 spiro atoms. The number of nitrogens with zero attached hydrogens (tertiary/aromatic N) is 4. The van der Waals surface area contributed by atoms with Gasteiger partial charge >= 0.3 is 6.18 Å². The molecule has 0 aliphatic rings. The molecule has 0 aliphatic heterocycles. The van der Waals surface area contributed by atoms with Gasteiger partial charge in [0.2, 0.25) is 0 Å². The van der Waals surface area contributed by atoms with Crippen LogP contribution in [0.15, 0.2) is 73.3 Å². The van der Waals surface area contributed by atoms with E-state index in [1.165, 1.54) is 12.1 Å². The highest BCUT2D eigenvalue weighted by Gasteiger charge is 2.34. The van der Waals surface area contributed by atoms with Gasteiger partial charge < -0.3 is 19.0 Å². The molecule has 37 heavy (non-hydrogen) atoms. The molecule has 0 unspecified atom stereocenters. The molecule has 0 saturated heterocycles. The number of pyridine rings is 1. The van der Waals surface area contributed by atoms with E-state index >= 15 is 0 Å². The zero-order valence-corrected chi connectivity index (χ0v) is 21.7. The summed E-state index contributed by atoms with van der Waals surface area (Å²) in [6.07, 6.45) is 0.924. The first-order valence-electron chi connectivity index (χ1n) is 10.9. The number of nitrogens with one attached hydrogen (secondary N) is 1. The fraction of sp³-hybridized carbons (Fsp3) is 0.154. The molecule has 0 amide bonds. The minimum atomic E-state index is -4.48. The van der Waals surface area contributed by atoms with Crippen molar-refractivity contribution in [1.82, 2.24) is 18.9 Å². The number of ether oxygens (including phenoxy) is 1. The van der Waals surface area contributed by atoms with Crippen LogP contribution >= 0.6 is 24.8 Å². The van der Waals surface area contributed by atoms with Gasteiger partial charge in [-0.1, -0.05) is 18.2 Å². The predicted octanol–water partition coefficient (Wildman–Crippen LogP) is 7.42. The fourth-order valence-electron chi connectivity index (χ4n) is 4.15. The molecule has 0 fully saturated rings. The van der Waals surface area contributed by atoms with E-state index in [-0.39, 0.29) is 36.1 Å². The molecule has 0 aliphatic carbocycles. The molecule has 2 aromatic carbocycles. The Hall–Kier alpha value is -3.69. The van der Waals surface area contributed by atoms with E-state index < -0.39 is 11.7 Å². The summed E-state index contributed by atoms with van der Waals surface area (Å²) >= 11 is 0. The Morgan fingerprint density at radius 1 is 0.973 bits per heavy atom. The van der Waals surface area contributed by atoms with Crippen molar-refractivity contribution in [2.75, 3.05) is 12.4 Å². The molecule has 5 aromatic rings. The summed E-state index contributed by atoms with van der Waals surface area (Å²) in [5.74, 6) is 0.638. The Morgan fingerprint density at radius 2 is 1.73 bits per heavy atom. The number of rotatable bonds is 5. The summed E-state index contributed by atoms with van der Waals surface area (Å²) in [4.78, 5) is 8.88. The maximum atomic E-state index is 13.7. The van der Waals surface area contributed by atoms with Crippen molar-refractivity contribution in [3.63, 3.8) is 0 Å². The number of alkyl halides is 3. The zero-order valence-electron chi connectivity index (χ0n) is 20.1. The second kappa shape index (κ2) is 10.7. The van der Waals surface area contributed by atoms with Gasteiger partial charge in [-0.2, -0.15) is 13.2 Å². The lowest BCUT2D eigenvalue weighted by Gasteiger charge is -2.13. The second-order valence-electron chi connectivity index (χ2n) is 8.14. The average Bonchev–Trinajstić information content (AvgIpc) is 3.42. The van der Waals surface area contributed by atoms with Crippen LogP contribution in [0, 0.1) is 13.8 Å². The number of fused-ring (bicyclic) bond motifs is 1. The number of anilines is 2. The van der Waals surface area contributed by atoms with Gasteiger partial charge in [0, 0.05) is 35.4 Å². The van der Waals surface area contributed by atoms with Crippen molar-refractivity contribution in [3.8, 4) is 22.7 Å². The molecule has 3 aromatic heterocycles. The third-order valence-corrected chi connectivity index (χ3v) is 5.83. The molecule has 0 atom stereocenters. The first kappa shape index (κ1) is 27.9. The lowest BCUT2D eigenvalue weighted by Crippen LogP contribution is -2.07. The minimum absolute atomic E-state index is 0. The zero-order chi connectivity index (χ0) is 24.7. The molecule has 0 radical (unpaired) electrons. The molecule has 6 nitrogen and oxygen atoms in total. The number of imidazole rings is 2.